The highest BCUT2D eigenvalue weighted by Gasteiger charge is 2.79. The third kappa shape index (κ3) is 0.704. The van der Waals surface area contributed by atoms with Crippen LogP contribution in [0.15, 0.2) is 0 Å². The second kappa shape index (κ2) is 2.47. The topological polar surface area (TPSA) is 26.3 Å². The summed E-state index contributed by atoms with van der Waals surface area (Å²) >= 11 is 2.26. The van der Waals surface area contributed by atoms with E-state index < -0.39 is 0 Å². The Morgan fingerprint density at radius 1 is 1.06 bits per heavy atom. The fourth-order valence-corrected chi connectivity index (χ4v) is 8.54. The van der Waals surface area contributed by atoms with Crippen molar-refractivity contribution in [2.45, 2.75) is 36.4 Å². The zero-order chi connectivity index (χ0) is 10.6. The predicted molar refractivity (Wildman–Crippen MR) is 60.9 cm³/mol. The van der Waals surface area contributed by atoms with E-state index in [1.807, 2.05) is 0 Å². The lowest BCUT2D eigenvalue weighted by molar-refractivity contribution is -0.152. The molecule has 0 N–H and O–H groups in total. The number of ether oxygens (including phenoxy) is 1. The van der Waals surface area contributed by atoms with E-state index in [4.69, 9.17) is 4.74 Å². The Labute approximate surface area is 99.5 Å². The molecular formula is C13H16O2S. The van der Waals surface area contributed by atoms with Crippen LogP contribution in [0.1, 0.15) is 19.8 Å². The van der Waals surface area contributed by atoms with Gasteiger partial charge in [0.25, 0.3) is 0 Å². The van der Waals surface area contributed by atoms with Crippen LogP contribution in [-0.2, 0) is 9.53 Å². The van der Waals surface area contributed by atoms with E-state index in [9.17, 15) is 4.79 Å². The minimum absolute atomic E-state index is 0.0544. The third-order valence-corrected chi connectivity index (χ3v) is 8.06. The highest BCUT2D eigenvalue weighted by Crippen LogP contribution is 2.80. The van der Waals surface area contributed by atoms with Gasteiger partial charge in [-0.3, -0.25) is 4.79 Å². The normalized spacial score (nSPS) is 67.2. The van der Waals surface area contributed by atoms with Crippen molar-refractivity contribution in [2.24, 2.45) is 35.5 Å². The van der Waals surface area contributed by atoms with Crippen molar-refractivity contribution < 1.29 is 9.53 Å². The number of fused-ring (bicyclic) bond motifs is 2. The van der Waals surface area contributed by atoms with E-state index in [-0.39, 0.29) is 5.97 Å². The van der Waals surface area contributed by atoms with E-state index >= 15 is 0 Å². The maximum atomic E-state index is 11.2. The summed E-state index contributed by atoms with van der Waals surface area (Å²) in [4.78, 5) is 11.2. The molecule has 6 aliphatic rings. The Kier molecular flexibility index (Phi) is 1.37. The van der Waals surface area contributed by atoms with Gasteiger partial charge >= 0.3 is 5.97 Å². The third-order valence-electron chi connectivity index (χ3n) is 6.14. The predicted octanol–water partition coefficient (Wildman–Crippen LogP) is 1.93. The van der Waals surface area contributed by atoms with E-state index in [1.165, 1.54) is 12.8 Å². The summed E-state index contributed by atoms with van der Waals surface area (Å²) < 4.78 is 5.68. The largest absolute Gasteiger partial charge is 0.462 e. The maximum absolute atomic E-state index is 11.2. The molecule has 0 amide bonds. The molecule has 0 spiro atoms. The van der Waals surface area contributed by atoms with Gasteiger partial charge in [0.2, 0.25) is 0 Å². The lowest BCUT2D eigenvalue weighted by atomic mass is 9.50. The summed E-state index contributed by atoms with van der Waals surface area (Å²) in [5.41, 5.74) is 0. The van der Waals surface area contributed by atoms with Crippen molar-refractivity contribution in [1.29, 1.82) is 0 Å². The molecule has 6 bridgehead atoms. The van der Waals surface area contributed by atoms with E-state index in [0.29, 0.717) is 6.10 Å². The van der Waals surface area contributed by atoms with Crippen LogP contribution in [0.25, 0.3) is 0 Å². The maximum Gasteiger partial charge on any atom is 0.302 e. The first-order valence-electron chi connectivity index (χ1n) is 6.60. The van der Waals surface area contributed by atoms with Crippen LogP contribution in [0.3, 0.4) is 0 Å². The summed E-state index contributed by atoms with van der Waals surface area (Å²) in [5.74, 6) is 5.31. The van der Waals surface area contributed by atoms with Gasteiger partial charge in [-0.1, -0.05) is 0 Å². The zero-order valence-corrected chi connectivity index (χ0v) is 10.2. The van der Waals surface area contributed by atoms with Crippen LogP contribution in [0.4, 0.5) is 0 Å². The molecule has 1 heterocycles. The minimum Gasteiger partial charge on any atom is -0.462 e. The molecule has 3 heteroatoms. The summed E-state index contributed by atoms with van der Waals surface area (Å²) in [5, 5.41) is 1.72. The molecule has 0 radical (unpaired) electrons. The molecule has 6 rings (SSSR count). The van der Waals surface area contributed by atoms with Crippen molar-refractivity contribution in [1.82, 2.24) is 0 Å². The lowest BCUT2D eigenvalue weighted by Crippen LogP contribution is -2.54. The summed E-state index contributed by atoms with van der Waals surface area (Å²) in [6.07, 6.45) is 3.20. The molecule has 16 heavy (non-hydrogen) atoms. The lowest BCUT2D eigenvalue weighted by Gasteiger charge is -2.53. The van der Waals surface area contributed by atoms with Crippen molar-refractivity contribution >= 4 is 17.7 Å². The Balaban J connectivity index is 1.60. The van der Waals surface area contributed by atoms with Gasteiger partial charge in [0.1, 0.15) is 6.10 Å². The van der Waals surface area contributed by atoms with Gasteiger partial charge in [-0.2, -0.15) is 11.8 Å². The van der Waals surface area contributed by atoms with Crippen LogP contribution in [0.5, 0.6) is 0 Å². The quantitative estimate of drug-likeness (QED) is 0.651. The summed E-state index contributed by atoms with van der Waals surface area (Å²) in [6.45, 7) is 1.58. The van der Waals surface area contributed by atoms with E-state index in [0.717, 1.165) is 46.0 Å². The van der Waals surface area contributed by atoms with E-state index in [2.05, 4.69) is 11.8 Å². The molecule has 1 aliphatic heterocycles. The Morgan fingerprint density at radius 2 is 1.88 bits per heavy atom. The van der Waals surface area contributed by atoms with Crippen LogP contribution in [0.2, 0.25) is 0 Å². The van der Waals surface area contributed by atoms with Crippen LogP contribution < -0.4 is 0 Å². The number of hydrogen-bond acceptors (Lipinski definition) is 3. The van der Waals surface area contributed by atoms with Gasteiger partial charge in [-0.15, -0.1) is 0 Å². The summed E-state index contributed by atoms with van der Waals surface area (Å²) in [7, 11) is 0. The van der Waals surface area contributed by atoms with Crippen molar-refractivity contribution in [2.75, 3.05) is 0 Å². The highest BCUT2D eigenvalue weighted by molar-refractivity contribution is 8.01. The standard InChI is InChI=1S/C13H16O2S/c1-4(14)15-11-9-5-2-3-6-8-7(5)10(11)13(8)16-12(6)9/h5-13H,2-3H2,1H3/t5-,6+,7-,8+,9+,10-,11-,12+,13-/m1/s1. The number of esters is 1. The van der Waals surface area contributed by atoms with Crippen molar-refractivity contribution in [3.63, 3.8) is 0 Å². The van der Waals surface area contributed by atoms with Crippen LogP contribution >= 0.6 is 11.8 Å². The van der Waals surface area contributed by atoms with Gasteiger partial charge in [-0.05, 0) is 36.5 Å². The number of thioether (sulfide) groups is 1. The molecule has 5 saturated carbocycles. The molecule has 0 aromatic rings. The monoisotopic (exact) mass is 236 g/mol. The van der Waals surface area contributed by atoms with Gasteiger partial charge in [0.05, 0.1) is 0 Å². The molecule has 6 fully saturated rings. The van der Waals surface area contributed by atoms with Crippen molar-refractivity contribution in [3.8, 4) is 0 Å². The first-order valence-corrected chi connectivity index (χ1v) is 7.54. The summed E-state index contributed by atoms with van der Waals surface area (Å²) in [6, 6.07) is 0. The number of carbonyl (C=O) groups excluding carboxylic acids is 1. The zero-order valence-electron chi connectivity index (χ0n) is 9.34. The second-order valence-corrected chi connectivity index (χ2v) is 7.71. The molecule has 5 aliphatic carbocycles. The number of carbonyl (C=O) groups is 1. The second-order valence-electron chi connectivity index (χ2n) is 6.35. The average Bonchev–Trinajstić information content (AvgIpc) is 2.54. The van der Waals surface area contributed by atoms with E-state index in [1.54, 1.807) is 6.92 Å². The smallest absolute Gasteiger partial charge is 0.302 e. The number of rotatable bonds is 1. The fraction of sp³-hybridized carbons (Fsp3) is 0.923. The Hall–Kier alpha value is -0.180. The minimum atomic E-state index is -0.0544. The molecule has 2 nitrogen and oxygen atoms in total. The van der Waals surface area contributed by atoms with Gasteiger partial charge < -0.3 is 4.74 Å². The first-order chi connectivity index (χ1) is 7.77. The average molecular weight is 236 g/mol. The fourth-order valence-electron chi connectivity index (χ4n) is 6.03. The molecule has 0 aromatic heterocycles. The SMILES string of the molecule is CC(=O)O[C@H]1[C@@H]2[C@@H]3S[C@H]4[C@H]5CC[C@H]([C@@H]2[C@H]53)[C@@H]14. The molecule has 0 aromatic carbocycles. The molecular weight excluding hydrogens is 220 g/mol. The van der Waals surface area contributed by atoms with Gasteiger partial charge in [0, 0.05) is 29.3 Å². The van der Waals surface area contributed by atoms with Crippen LogP contribution in [0, 0.1) is 35.5 Å². The van der Waals surface area contributed by atoms with Crippen LogP contribution in [-0.4, -0.2) is 22.6 Å². The Bertz CT molecular complexity index is 391. The van der Waals surface area contributed by atoms with Gasteiger partial charge in [0.15, 0.2) is 0 Å². The molecule has 0 unspecified atom stereocenters. The number of hydrogen-bond donors (Lipinski definition) is 0. The first kappa shape index (κ1) is 8.84. The molecule has 86 valence electrons. The highest BCUT2D eigenvalue weighted by atomic mass is 32.2. The van der Waals surface area contributed by atoms with Crippen molar-refractivity contribution in [3.05, 3.63) is 0 Å². The van der Waals surface area contributed by atoms with Gasteiger partial charge in [-0.25, -0.2) is 0 Å². The molecule has 9 atom stereocenters. The Morgan fingerprint density at radius 3 is 2.69 bits per heavy atom. The molecule has 1 saturated heterocycles.